The van der Waals surface area contributed by atoms with E-state index in [0.29, 0.717) is 43.5 Å². The summed E-state index contributed by atoms with van der Waals surface area (Å²) in [5, 5.41) is 18.4. The molecule has 3 unspecified atom stereocenters. The monoisotopic (exact) mass is 597 g/mol. The van der Waals surface area contributed by atoms with Gasteiger partial charge in [0.15, 0.2) is 0 Å². The van der Waals surface area contributed by atoms with Crippen LogP contribution in [0.2, 0.25) is 0 Å². The minimum Gasteiger partial charge on any atom is -0.756 e. The molecule has 0 saturated heterocycles. The van der Waals surface area contributed by atoms with Crippen LogP contribution in [-0.2, 0) is 23.1 Å². The zero-order valence-corrected chi connectivity index (χ0v) is 27.3. The highest BCUT2D eigenvalue weighted by Crippen LogP contribution is 2.38. The Morgan fingerprint density at radius 2 is 1.25 bits per heavy atom. The highest BCUT2D eigenvalue weighted by atomic mass is 31.2. The number of ether oxygens (including phenoxy) is 2. The number of hydrogen-bond acceptors (Lipinski definition) is 8. The quantitative estimate of drug-likeness (QED) is 0.0603. The maximum absolute atomic E-state index is 12.2. The lowest BCUT2D eigenvalue weighted by Crippen LogP contribution is -2.37. The van der Waals surface area contributed by atoms with Crippen molar-refractivity contribution >= 4 is 7.82 Å². The Bertz CT molecular complexity index is 591. The van der Waals surface area contributed by atoms with Crippen molar-refractivity contribution in [2.75, 3.05) is 67.3 Å². The first-order valence-corrected chi connectivity index (χ1v) is 17.4. The molecule has 0 aliphatic carbocycles. The van der Waals surface area contributed by atoms with E-state index in [1.807, 2.05) is 21.1 Å². The van der Waals surface area contributed by atoms with Gasteiger partial charge < -0.3 is 38.1 Å². The van der Waals surface area contributed by atoms with Gasteiger partial charge in [0, 0.05) is 13.2 Å². The predicted molar refractivity (Wildman–Crippen MR) is 160 cm³/mol. The van der Waals surface area contributed by atoms with Crippen LogP contribution < -0.4 is 4.89 Å². The molecule has 0 fully saturated rings. The van der Waals surface area contributed by atoms with Gasteiger partial charge in [-0.3, -0.25) is 4.57 Å². The standard InChI is InChI=1S/C30H64NO8P/c1-5-6-7-8-9-10-11-12-13-14-15-16-17-19-23-36-27-30(37-24-20-18-21-29(33)26-32)28-39-40(34,35)38-25-22-31(2,3)4/h29-30,32-33H,5-28H2,1-4H3. The molecule has 3 atom stereocenters. The fourth-order valence-corrected chi connectivity index (χ4v) is 4.95. The number of aliphatic hydroxyl groups is 2. The Morgan fingerprint density at radius 3 is 1.77 bits per heavy atom. The first-order chi connectivity index (χ1) is 19.1. The third kappa shape index (κ3) is 29.4. The summed E-state index contributed by atoms with van der Waals surface area (Å²) in [6.07, 6.45) is 18.9. The Kier molecular flexibility index (Phi) is 26.5. The molecule has 10 heteroatoms. The zero-order valence-electron chi connectivity index (χ0n) is 26.4. The summed E-state index contributed by atoms with van der Waals surface area (Å²) < 4.78 is 34.4. The Balaban J connectivity index is 4.06. The van der Waals surface area contributed by atoms with Gasteiger partial charge in [-0.05, 0) is 25.7 Å². The van der Waals surface area contributed by atoms with Crippen LogP contribution in [0.4, 0.5) is 0 Å². The predicted octanol–water partition coefficient (Wildman–Crippen LogP) is 5.60. The van der Waals surface area contributed by atoms with Crippen molar-refractivity contribution in [3.05, 3.63) is 0 Å². The molecule has 0 rings (SSSR count). The number of aliphatic hydroxyl groups excluding tert-OH is 2. The molecule has 0 aliphatic heterocycles. The van der Waals surface area contributed by atoms with E-state index < -0.39 is 20.0 Å². The van der Waals surface area contributed by atoms with Crippen LogP contribution >= 0.6 is 7.82 Å². The summed E-state index contributed by atoms with van der Waals surface area (Å²) in [7, 11) is 1.44. The smallest absolute Gasteiger partial charge is 0.268 e. The number of unbranched alkanes of at least 4 members (excludes halogenated alkanes) is 14. The van der Waals surface area contributed by atoms with Gasteiger partial charge >= 0.3 is 0 Å². The molecule has 0 aromatic carbocycles. The fraction of sp³-hybridized carbons (Fsp3) is 1.00. The van der Waals surface area contributed by atoms with Gasteiger partial charge in [-0.1, -0.05) is 90.4 Å². The molecule has 242 valence electrons. The second-order valence-electron chi connectivity index (χ2n) is 12.1. The molecule has 0 aliphatic rings. The molecule has 0 radical (unpaired) electrons. The second kappa shape index (κ2) is 26.5. The van der Waals surface area contributed by atoms with Crippen LogP contribution in [0.15, 0.2) is 0 Å². The Labute approximate surface area is 246 Å². The SMILES string of the molecule is CCCCCCCCCCCCCCCCOCC(COP(=O)([O-])OCC[N+](C)(C)C)OCCCCC(O)CO. The van der Waals surface area contributed by atoms with Gasteiger partial charge in [0.05, 0.1) is 47.1 Å². The van der Waals surface area contributed by atoms with Crippen molar-refractivity contribution in [1.82, 2.24) is 0 Å². The number of rotatable bonds is 31. The first kappa shape index (κ1) is 39.9. The van der Waals surface area contributed by atoms with E-state index in [9.17, 15) is 14.6 Å². The average molecular weight is 598 g/mol. The van der Waals surface area contributed by atoms with Crippen LogP contribution in [0.3, 0.4) is 0 Å². The van der Waals surface area contributed by atoms with Crippen LogP contribution in [0.25, 0.3) is 0 Å². The largest absolute Gasteiger partial charge is 0.756 e. The van der Waals surface area contributed by atoms with E-state index in [4.69, 9.17) is 23.6 Å². The van der Waals surface area contributed by atoms with Crippen molar-refractivity contribution in [3.63, 3.8) is 0 Å². The molecule has 0 bridgehead atoms. The summed E-state index contributed by atoms with van der Waals surface area (Å²) in [5.74, 6) is 0. The maximum atomic E-state index is 12.2. The molecular formula is C30H64NO8P. The zero-order chi connectivity index (χ0) is 30.0. The first-order valence-electron chi connectivity index (χ1n) is 16.0. The lowest BCUT2D eigenvalue weighted by atomic mass is 10.0. The molecular weight excluding hydrogens is 533 g/mol. The molecule has 0 saturated carbocycles. The minimum atomic E-state index is -4.43. The van der Waals surface area contributed by atoms with Crippen LogP contribution in [-0.4, -0.2) is 94.2 Å². The van der Waals surface area contributed by atoms with Crippen molar-refractivity contribution < 1.29 is 42.7 Å². The summed E-state index contributed by atoms with van der Waals surface area (Å²) in [6.45, 7) is 3.68. The highest BCUT2D eigenvalue weighted by molar-refractivity contribution is 7.45. The van der Waals surface area contributed by atoms with Gasteiger partial charge in [-0.15, -0.1) is 0 Å². The number of nitrogens with zero attached hydrogens (tertiary/aromatic N) is 1. The van der Waals surface area contributed by atoms with E-state index in [1.165, 1.54) is 77.0 Å². The second-order valence-corrected chi connectivity index (χ2v) is 13.5. The van der Waals surface area contributed by atoms with E-state index >= 15 is 0 Å². The number of likely N-dealkylation sites (N-methyl/N-ethyl adjacent to an activating group) is 1. The van der Waals surface area contributed by atoms with Crippen LogP contribution in [0.5, 0.6) is 0 Å². The highest BCUT2D eigenvalue weighted by Gasteiger charge is 2.18. The van der Waals surface area contributed by atoms with Crippen LogP contribution in [0, 0.1) is 0 Å². The average Bonchev–Trinajstić information content (AvgIpc) is 2.89. The van der Waals surface area contributed by atoms with Crippen molar-refractivity contribution in [3.8, 4) is 0 Å². The van der Waals surface area contributed by atoms with Gasteiger partial charge in [0.1, 0.15) is 19.3 Å². The number of hydrogen-bond donors (Lipinski definition) is 2. The van der Waals surface area contributed by atoms with Gasteiger partial charge in [0.2, 0.25) is 0 Å². The minimum absolute atomic E-state index is 0.0542. The number of quaternary nitrogens is 1. The molecule has 0 spiro atoms. The van der Waals surface area contributed by atoms with E-state index in [0.717, 1.165) is 12.8 Å². The molecule has 0 heterocycles. The topological polar surface area (TPSA) is 118 Å². The fourth-order valence-electron chi connectivity index (χ4n) is 4.22. The van der Waals surface area contributed by atoms with Crippen molar-refractivity contribution in [2.24, 2.45) is 0 Å². The number of phosphoric ester groups is 1. The molecule has 0 aromatic rings. The molecule has 0 amide bonds. The van der Waals surface area contributed by atoms with E-state index in [-0.39, 0.29) is 26.4 Å². The lowest BCUT2D eigenvalue weighted by Gasteiger charge is -2.28. The van der Waals surface area contributed by atoms with Crippen molar-refractivity contribution in [1.29, 1.82) is 0 Å². The Morgan fingerprint density at radius 1 is 0.725 bits per heavy atom. The molecule has 0 aromatic heterocycles. The third-order valence-electron chi connectivity index (χ3n) is 6.87. The third-order valence-corrected chi connectivity index (χ3v) is 7.84. The normalized spacial score (nSPS) is 15.3. The lowest BCUT2D eigenvalue weighted by molar-refractivity contribution is -0.870. The molecule has 40 heavy (non-hydrogen) atoms. The van der Waals surface area contributed by atoms with E-state index in [1.54, 1.807) is 0 Å². The van der Waals surface area contributed by atoms with Crippen LogP contribution in [0.1, 0.15) is 116 Å². The summed E-state index contributed by atoms with van der Waals surface area (Å²) in [6, 6.07) is 0. The summed E-state index contributed by atoms with van der Waals surface area (Å²) in [5.41, 5.74) is 0. The maximum Gasteiger partial charge on any atom is 0.268 e. The Hall–Kier alpha value is -0.0900. The van der Waals surface area contributed by atoms with Crippen molar-refractivity contribution in [2.45, 2.75) is 128 Å². The van der Waals surface area contributed by atoms with Gasteiger partial charge in [-0.2, -0.15) is 0 Å². The molecule has 9 nitrogen and oxygen atoms in total. The summed E-state index contributed by atoms with van der Waals surface area (Å²) in [4.78, 5) is 12.2. The van der Waals surface area contributed by atoms with Gasteiger partial charge in [-0.25, -0.2) is 0 Å². The molecule has 2 N–H and O–H groups in total. The van der Waals surface area contributed by atoms with E-state index in [2.05, 4.69) is 6.92 Å². The van der Waals surface area contributed by atoms with Gasteiger partial charge in [0.25, 0.3) is 7.82 Å². The number of phosphoric acid groups is 1. The summed E-state index contributed by atoms with van der Waals surface area (Å²) >= 11 is 0.